The molecule has 1 heterocycles. The van der Waals surface area contributed by atoms with E-state index < -0.39 is 24.5 Å². The monoisotopic (exact) mass is 410 g/mol. The third-order valence-electron chi connectivity index (χ3n) is 4.15. The van der Waals surface area contributed by atoms with Gasteiger partial charge < -0.3 is 19.9 Å². The van der Waals surface area contributed by atoms with Crippen molar-refractivity contribution >= 4 is 11.9 Å². The summed E-state index contributed by atoms with van der Waals surface area (Å²) in [5, 5.41) is 11.6. The minimum absolute atomic E-state index is 0.0847. The van der Waals surface area contributed by atoms with Crippen molar-refractivity contribution in [2.24, 2.45) is 0 Å². The van der Waals surface area contributed by atoms with Crippen LogP contribution in [0.2, 0.25) is 0 Å². The Balaban J connectivity index is 1.72. The molecular weight excluding hydrogens is 391 g/mol. The molecule has 3 aromatic rings. The van der Waals surface area contributed by atoms with E-state index in [-0.39, 0.29) is 11.5 Å². The number of esters is 1. The van der Waals surface area contributed by atoms with Gasteiger partial charge in [-0.15, -0.1) is 0 Å². The molecule has 1 atom stereocenters. The first-order valence-corrected chi connectivity index (χ1v) is 9.00. The smallest absolute Gasteiger partial charge is 0.330 e. The van der Waals surface area contributed by atoms with Crippen LogP contribution in [-0.4, -0.2) is 41.7 Å². The van der Waals surface area contributed by atoms with Crippen molar-refractivity contribution in [2.45, 2.75) is 6.04 Å². The van der Waals surface area contributed by atoms with Gasteiger partial charge in [-0.3, -0.25) is 4.79 Å². The Morgan fingerprint density at radius 3 is 2.27 bits per heavy atom. The number of rotatable bonds is 7. The fraction of sp³-hybridized carbons (Fsp3) is 0.136. The first kappa shape index (κ1) is 20.9. The van der Waals surface area contributed by atoms with Crippen LogP contribution in [0.25, 0.3) is 11.3 Å². The van der Waals surface area contributed by atoms with Gasteiger partial charge in [0.05, 0.1) is 19.4 Å². The minimum atomic E-state index is -1.17. The van der Waals surface area contributed by atoms with Crippen LogP contribution < -0.4 is 10.1 Å². The third-order valence-corrected chi connectivity index (χ3v) is 4.15. The number of carbonyl (C=O) groups is 2. The molecule has 154 valence electrons. The highest BCUT2D eigenvalue weighted by atomic mass is 19.1. The second-order valence-corrected chi connectivity index (χ2v) is 6.22. The molecule has 8 heteroatoms. The number of halogens is 1. The van der Waals surface area contributed by atoms with Gasteiger partial charge in [-0.05, 0) is 60.7 Å². The Kier molecular flexibility index (Phi) is 6.71. The summed E-state index contributed by atoms with van der Waals surface area (Å²) in [6.45, 7) is -0.590. The van der Waals surface area contributed by atoms with E-state index in [1.165, 1.54) is 37.4 Å². The summed E-state index contributed by atoms with van der Waals surface area (Å²) in [6, 6.07) is 16.4. The predicted octanol–water partition coefficient (Wildman–Crippen LogP) is 2.94. The zero-order chi connectivity index (χ0) is 21.5. The Labute approximate surface area is 172 Å². The summed E-state index contributed by atoms with van der Waals surface area (Å²) in [4.78, 5) is 28.2. The largest absolute Gasteiger partial charge is 0.467 e. The Bertz CT molecular complexity index is 1020. The number of aromatic nitrogens is 1. The molecule has 0 saturated carbocycles. The fourth-order valence-corrected chi connectivity index (χ4v) is 2.61. The van der Waals surface area contributed by atoms with E-state index in [4.69, 9.17) is 4.74 Å². The van der Waals surface area contributed by atoms with Gasteiger partial charge in [-0.2, -0.15) is 0 Å². The summed E-state index contributed by atoms with van der Waals surface area (Å²) >= 11 is 0. The molecule has 0 bridgehead atoms. The standard InChI is InChI=1S/C22H19FN2O5/c1-29-22(28)20(13-26)25-21(27)19-4-2-3-18(24-19)14-5-9-16(10-6-14)30-17-11-7-15(23)8-12-17/h2-12,20,26H,13H2,1H3,(H,25,27). The van der Waals surface area contributed by atoms with Crippen LogP contribution in [0.15, 0.2) is 66.7 Å². The molecule has 0 spiro atoms. The fourth-order valence-electron chi connectivity index (χ4n) is 2.61. The quantitative estimate of drug-likeness (QED) is 0.582. The van der Waals surface area contributed by atoms with Crippen molar-refractivity contribution in [1.82, 2.24) is 10.3 Å². The number of nitrogens with zero attached hydrogens (tertiary/aromatic N) is 1. The van der Waals surface area contributed by atoms with Crippen LogP contribution in [0.4, 0.5) is 4.39 Å². The van der Waals surface area contributed by atoms with E-state index in [1.807, 2.05) is 0 Å². The molecule has 0 aliphatic heterocycles. The van der Waals surface area contributed by atoms with Crippen molar-refractivity contribution in [3.8, 4) is 22.8 Å². The number of benzene rings is 2. The molecule has 0 aliphatic rings. The lowest BCUT2D eigenvalue weighted by Gasteiger charge is -2.13. The highest BCUT2D eigenvalue weighted by Crippen LogP contribution is 2.25. The lowest BCUT2D eigenvalue weighted by atomic mass is 10.1. The summed E-state index contributed by atoms with van der Waals surface area (Å²) < 4.78 is 23.2. The number of methoxy groups -OCH3 is 1. The van der Waals surface area contributed by atoms with Gasteiger partial charge in [0, 0.05) is 5.56 Å². The number of nitrogens with one attached hydrogen (secondary N) is 1. The molecular formula is C22H19FN2O5. The van der Waals surface area contributed by atoms with Gasteiger partial charge in [0.25, 0.3) is 5.91 Å². The van der Waals surface area contributed by atoms with E-state index in [2.05, 4.69) is 15.0 Å². The van der Waals surface area contributed by atoms with Crippen LogP contribution in [0.3, 0.4) is 0 Å². The zero-order valence-electron chi connectivity index (χ0n) is 16.0. The highest BCUT2D eigenvalue weighted by molar-refractivity contribution is 5.95. The van der Waals surface area contributed by atoms with E-state index in [1.54, 1.807) is 36.4 Å². The van der Waals surface area contributed by atoms with Gasteiger partial charge in [-0.1, -0.05) is 6.07 Å². The van der Waals surface area contributed by atoms with E-state index in [9.17, 15) is 19.1 Å². The Morgan fingerprint density at radius 1 is 1.03 bits per heavy atom. The molecule has 0 radical (unpaired) electrons. The Hall–Kier alpha value is -3.78. The average Bonchev–Trinajstić information content (AvgIpc) is 2.79. The van der Waals surface area contributed by atoms with Crippen molar-refractivity contribution in [2.75, 3.05) is 13.7 Å². The summed E-state index contributed by atoms with van der Waals surface area (Å²) in [5.41, 5.74) is 1.36. The first-order valence-electron chi connectivity index (χ1n) is 9.00. The van der Waals surface area contributed by atoms with Gasteiger partial charge in [0.1, 0.15) is 23.0 Å². The Morgan fingerprint density at radius 2 is 1.67 bits per heavy atom. The van der Waals surface area contributed by atoms with Gasteiger partial charge in [0.15, 0.2) is 6.04 Å². The van der Waals surface area contributed by atoms with Crippen LogP contribution in [0, 0.1) is 5.82 Å². The van der Waals surface area contributed by atoms with Crippen molar-refractivity contribution < 1.29 is 28.6 Å². The van der Waals surface area contributed by atoms with Crippen LogP contribution >= 0.6 is 0 Å². The third kappa shape index (κ3) is 5.18. The number of carbonyl (C=O) groups excluding carboxylic acids is 2. The normalized spacial score (nSPS) is 11.4. The van der Waals surface area contributed by atoms with Gasteiger partial charge >= 0.3 is 5.97 Å². The molecule has 2 aromatic carbocycles. The van der Waals surface area contributed by atoms with Crippen LogP contribution in [0.1, 0.15) is 10.5 Å². The number of ether oxygens (including phenoxy) is 2. The molecule has 1 aromatic heterocycles. The van der Waals surface area contributed by atoms with Gasteiger partial charge in [-0.25, -0.2) is 14.2 Å². The van der Waals surface area contributed by atoms with Crippen molar-refractivity contribution in [1.29, 1.82) is 0 Å². The molecule has 2 N–H and O–H groups in total. The number of hydrogen-bond acceptors (Lipinski definition) is 6. The topological polar surface area (TPSA) is 97.8 Å². The predicted molar refractivity (Wildman–Crippen MR) is 107 cm³/mol. The molecule has 1 amide bonds. The number of hydrogen-bond donors (Lipinski definition) is 2. The van der Waals surface area contributed by atoms with Crippen molar-refractivity contribution in [3.05, 3.63) is 78.2 Å². The lowest BCUT2D eigenvalue weighted by Crippen LogP contribution is -2.44. The maximum Gasteiger partial charge on any atom is 0.330 e. The van der Waals surface area contributed by atoms with Crippen molar-refractivity contribution in [3.63, 3.8) is 0 Å². The number of aliphatic hydroxyl groups is 1. The van der Waals surface area contributed by atoms with E-state index >= 15 is 0 Å². The zero-order valence-corrected chi connectivity index (χ0v) is 16.0. The molecule has 0 fully saturated rings. The van der Waals surface area contributed by atoms with Gasteiger partial charge in [0.2, 0.25) is 0 Å². The number of amides is 1. The average molecular weight is 410 g/mol. The SMILES string of the molecule is COC(=O)C(CO)NC(=O)c1cccc(-c2ccc(Oc3ccc(F)cc3)cc2)n1. The summed E-state index contributed by atoms with van der Waals surface area (Å²) in [6.07, 6.45) is 0. The molecule has 0 aliphatic carbocycles. The molecule has 3 rings (SSSR count). The molecule has 0 saturated heterocycles. The second kappa shape index (κ2) is 9.62. The summed E-state index contributed by atoms with van der Waals surface area (Å²) in [5.74, 6) is -0.644. The van der Waals surface area contributed by atoms with Crippen LogP contribution in [-0.2, 0) is 9.53 Å². The minimum Gasteiger partial charge on any atom is -0.467 e. The van der Waals surface area contributed by atoms with E-state index in [0.29, 0.717) is 17.2 Å². The maximum absolute atomic E-state index is 13.0. The highest BCUT2D eigenvalue weighted by Gasteiger charge is 2.21. The lowest BCUT2D eigenvalue weighted by molar-refractivity contribution is -0.143. The molecule has 30 heavy (non-hydrogen) atoms. The first-order chi connectivity index (χ1) is 14.5. The molecule has 7 nitrogen and oxygen atoms in total. The molecule has 1 unspecified atom stereocenters. The second-order valence-electron chi connectivity index (χ2n) is 6.22. The summed E-state index contributed by atoms with van der Waals surface area (Å²) in [7, 11) is 1.17. The maximum atomic E-state index is 13.0. The van der Waals surface area contributed by atoms with Crippen LogP contribution in [0.5, 0.6) is 11.5 Å². The number of aliphatic hydroxyl groups excluding tert-OH is 1. The number of pyridine rings is 1. The van der Waals surface area contributed by atoms with E-state index in [0.717, 1.165) is 5.56 Å².